The zero-order chi connectivity index (χ0) is 17.0. The van der Waals surface area contributed by atoms with Gasteiger partial charge in [-0.25, -0.2) is 13.6 Å². The predicted molar refractivity (Wildman–Crippen MR) is 81.3 cm³/mol. The molecule has 4 nitrogen and oxygen atoms in total. The third-order valence-corrected chi connectivity index (χ3v) is 3.22. The van der Waals surface area contributed by atoms with Gasteiger partial charge >= 0.3 is 5.97 Å². The van der Waals surface area contributed by atoms with E-state index >= 15 is 0 Å². The summed E-state index contributed by atoms with van der Waals surface area (Å²) in [6.45, 7) is 1.35. The average molecular weight is 340 g/mol. The number of rotatable bonds is 4. The molecule has 120 valence electrons. The zero-order valence-corrected chi connectivity index (χ0v) is 12.7. The molecule has 0 heterocycles. The SMILES string of the molecule is C[C@H](OC(=O)c1cccc(F)c1)C(=O)Nc1ccc(F)cc1Cl. The molecule has 2 aromatic carbocycles. The first kappa shape index (κ1) is 16.9. The number of nitrogens with one attached hydrogen (secondary N) is 1. The lowest BCUT2D eigenvalue weighted by Crippen LogP contribution is -2.30. The number of carbonyl (C=O) groups is 2. The molecule has 1 N–H and O–H groups in total. The molecule has 0 fully saturated rings. The van der Waals surface area contributed by atoms with E-state index in [0.717, 1.165) is 18.2 Å². The molecule has 0 spiro atoms. The molecule has 2 aromatic rings. The highest BCUT2D eigenvalue weighted by Gasteiger charge is 2.20. The lowest BCUT2D eigenvalue weighted by atomic mass is 10.2. The van der Waals surface area contributed by atoms with Crippen LogP contribution in [-0.2, 0) is 9.53 Å². The standard InChI is InChI=1S/C16H12ClF2NO3/c1-9(23-16(22)10-3-2-4-11(18)7-10)15(21)20-14-6-5-12(19)8-13(14)17/h2-9H,1H3,(H,20,21)/t9-/m0/s1. The first-order valence-corrected chi connectivity index (χ1v) is 6.97. The Labute approximate surface area is 136 Å². The summed E-state index contributed by atoms with van der Waals surface area (Å²) >= 11 is 5.79. The number of esters is 1. The van der Waals surface area contributed by atoms with Crippen molar-refractivity contribution < 1.29 is 23.1 Å². The topological polar surface area (TPSA) is 55.4 Å². The first-order valence-electron chi connectivity index (χ1n) is 6.59. The minimum Gasteiger partial charge on any atom is -0.449 e. The van der Waals surface area contributed by atoms with Crippen LogP contribution in [0.2, 0.25) is 5.02 Å². The lowest BCUT2D eigenvalue weighted by molar-refractivity contribution is -0.123. The van der Waals surface area contributed by atoms with Crippen LogP contribution in [0.25, 0.3) is 0 Å². The summed E-state index contributed by atoms with van der Waals surface area (Å²) in [6, 6.07) is 8.37. The van der Waals surface area contributed by atoms with Crippen LogP contribution in [0.15, 0.2) is 42.5 Å². The molecule has 0 radical (unpaired) electrons. The summed E-state index contributed by atoms with van der Waals surface area (Å²) < 4.78 is 30.9. The van der Waals surface area contributed by atoms with Gasteiger partial charge in [0.2, 0.25) is 0 Å². The molecule has 0 aromatic heterocycles. The summed E-state index contributed by atoms with van der Waals surface area (Å²) in [5, 5.41) is 2.43. The highest BCUT2D eigenvalue weighted by atomic mass is 35.5. The smallest absolute Gasteiger partial charge is 0.339 e. The van der Waals surface area contributed by atoms with Crippen molar-refractivity contribution in [3.05, 3.63) is 64.7 Å². The van der Waals surface area contributed by atoms with Gasteiger partial charge in [0.05, 0.1) is 16.3 Å². The van der Waals surface area contributed by atoms with Crippen molar-refractivity contribution in [3.63, 3.8) is 0 Å². The molecule has 0 aliphatic heterocycles. The molecular weight excluding hydrogens is 328 g/mol. The second kappa shape index (κ2) is 7.19. The fourth-order valence-corrected chi connectivity index (χ4v) is 1.94. The van der Waals surface area contributed by atoms with Crippen LogP contribution in [0.1, 0.15) is 17.3 Å². The zero-order valence-electron chi connectivity index (χ0n) is 12.0. The van der Waals surface area contributed by atoms with Crippen LogP contribution < -0.4 is 5.32 Å². The van der Waals surface area contributed by atoms with Crippen molar-refractivity contribution in [3.8, 4) is 0 Å². The number of benzene rings is 2. The molecule has 7 heteroatoms. The van der Waals surface area contributed by atoms with Gasteiger partial charge in [-0.2, -0.15) is 0 Å². The third-order valence-electron chi connectivity index (χ3n) is 2.90. The number of amides is 1. The molecule has 0 unspecified atom stereocenters. The maximum atomic E-state index is 13.1. The molecule has 23 heavy (non-hydrogen) atoms. The van der Waals surface area contributed by atoms with Gasteiger partial charge in [0.25, 0.3) is 5.91 Å². The van der Waals surface area contributed by atoms with Crippen LogP contribution in [-0.4, -0.2) is 18.0 Å². The summed E-state index contributed by atoms with van der Waals surface area (Å²) in [6.07, 6.45) is -1.15. The number of hydrogen-bond acceptors (Lipinski definition) is 3. The molecule has 0 saturated carbocycles. The van der Waals surface area contributed by atoms with Gasteiger partial charge in [0.15, 0.2) is 6.10 Å². The summed E-state index contributed by atoms with van der Waals surface area (Å²) in [5.74, 6) is -2.62. The summed E-state index contributed by atoms with van der Waals surface area (Å²) in [4.78, 5) is 23.8. The second-order valence-corrected chi connectivity index (χ2v) is 5.08. The van der Waals surface area contributed by atoms with Crippen LogP contribution in [0, 0.1) is 11.6 Å². The Morgan fingerprint density at radius 1 is 1.13 bits per heavy atom. The second-order valence-electron chi connectivity index (χ2n) is 4.67. The Morgan fingerprint density at radius 3 is 2.48 bits per heavy atom. The van der Waals surface area contributed by atoms with E-state index in [0.29, 0.717) is 0 Å². The van der Waals surface area contributed by atoms with E-state index in [9.17, 15) is 18.4 Å². The molecule has 0 saturated heterocycles. The third kappa shape index (κ3) is 4.50. The largest absolute Gasteiger partial charge is 0.449 e. The summed E-state index contributed by atoms with van der Waals surface area (Å²) in [5.41, 5.74) is 0.177. The quantitative estimate of drug-likeness (QED) is 0.862. The molecule has 1 amide bonds. The monoisotopic (exact) mass is 339 g/mol. The number of hydrogen-bond donors (Lipinski definition) is 1. The number of anilines is 1. The Morgan fingerprint density at radius 2 is 1.83 bits per heavy atom. The van der Waals surface area contributed by atoms with Crippen molar-refractivity contribution in [2.24, 2.45) is 0 Å². The highest BCUT2D eigenvalue weighted by molar-refractivity contribution is 6.33. The minimum atomic E-state index is -1.15. The Kier molecular flexibility index (Phi) is 5.28. The van der Waals surface area contributed by atoms with Gasteiger partial charge in [-0.05, 0) is 43.3 Å². The fourth-order valence-electron chi connectivity index (χ4n) is 1.72. The van der Waals surface area contributed by atoms with Crippen LogP contribution in [0.3, 0.4) is 0 Å². The van der Waals surface area contributed by atoms with E-state index in [2.05, 4.69) is 5.32 Å². The predicted octanol–water partition coefficient (Wildman–Crippen LogP) is 3.80. The first-order chi connectivity index (χ1) is 10.9. The molecule has 1 atom stereocenters. The summed E-state index contributed by atoms with van der Waals surface area (Å²) in [7, 11) is 0. The van der Waals surface area contributed by atoms with Gasteiger partial charge < -0.3 is 10.1 Å². The van der Waals surface area contributed by atoms with Gasteiger partial charge in [0, 0.05) is 0 Å². The van der Waals surface area contributed by atoms with E-state index in [1.807, 2.05) is 0 Å². The molecular formula is C16H12ClF2NO3. The number of ether oxygens (including phenoxy) is 1. The van der Waals surface area contributed by atoms with E-state index in [1.165, 1.54) is 31.2 Å². The van der Waals surface area contributed by atoms with Gasteiger partial charge in [0.1, 0.15) is 11.6 Å². The van der Waals surface area contributed by atoms with Gasteiger partial charge in [-0.1, -0.05) is 17.7 Å². The van der Waals surface area contributed by atoms with E-state index < -0.39 is 29.6 Å². The number of carbonyl (C=O) groups excluding carboxylic acids is 2. The molecule has 2 rings (SSSR count). The van der Waals surface area contributed by atoms with Crippen LogP contribution in [0.4, 0.5) is 14.5 Å². The normalized spacial score (nSPS) is 11.7. The van der Waals surface area contributed by atoms with Crippen molar-refractivity contribution in [1.82, 2.24) is 0 Å². The van der Waals surface area contributed by atoms with E-state index in [4.69, 9.17) is 16.3 Å². The molecule has 0 aliphatic rings. The van der Waals surface area contributed by atoms with Crippen LogP contribution in [0.5, 0.6) is 0 Å². The van der Waals surface area contributed by atoms with E-state index in [-0.39, 0.29) is 16.3 Å². The van der Waals surface area contributed by atoms with E-state index in [1.54, 1.807) is 0 Å². The van der Waals surface area contributed by atoms with Crippen molar-refractivity contribution >= 4 is 29.2 Å². The maximum absolute atomic E-state index is 13.1. The Hall–Kier alpha value is -2.47. The van der Waals surface area contributed by atoms with Gasteiger partial charge in [-0.3, -0.25) is 4.79 Å². The van der Waals surface area contributed by atoms with Gasteiger partial charge in [-0.15, -0.1) is 0 Å². The molecule has 0 bridgehead atoms. The van der Waals surface area contributed by atoms with Crippen molar-refractivity contribution in [2.75, 3.05) is 5.32 Å². The van der Waals surface area contributed by atoms with Crippen molar-refractivity contribution in [1.29, 1.82) is 0 Å². The lowest BCUT2D eigenvalue weighted by Gasteiger charge is -2.14. The fraction of sp³-hybridized carbons (Fsp3) is 0.125. The van der Waals surface area contributed by atoms with Crippen molar-refractivity contribution in [2.45, 2.75) is 13.0 Å². The Bertz CT molecular complexity index is 752. The highest BCUT2D eigenvalue weighted by Crippen LogP contribution is 2.22. The maximum Gasteiger partial charge on any atom is 0.339 e. The number of halogens is 3. The molecule has 0 aliphatic carbocycles. The Balaban J connectivity index is 2.01. The minimum absolute atomic E-state index is 0.00976. The average Bonchev–Trinajstić information content (AvgIpc) is 2.49. The van der Waals surface area contributed by atoms with Crippen LogP contribution >= 0.6 is 11.6 Å².